The molecule has 2 saturated carbocycles. The van der Waals surface area contributed by atoms with Crippen LogP contribution in [0.1, 0.15) is 64.2 Å². The summed E-state index contributed by atoms with van der Waals surface area (Å²) in [6, 6.07) is -0.138. The standard InChI is InChI=1S/C17H25N3O4/c21-15(18-11-7-3-1-4-8-11)13-14(19-24)17(23)20(16(13)22)12-9-5-2-6-10-12/h11-13,24H,1-10H2,(H,18,21)/b19-14-/t13-/m0/s1. The van der Waals surface area contributed by atoms with E-state index in [9.17, 15) is 19.6 Å². The Kier molecular flexibility index (Phi) is 5.16. The number of oxime groups is 1. The second-order valence-electron chi connectivity index (χ2n) is 7.07. The van der Waals surface area contributed by atoms with Gasteiger partial charge in [-0.05, 0) is 25.7 Å². The fourth-order valence-electron chi connectivity index (χ4n) is 4.16. The van der Waals surface area contributed by atoms with Gasteiger partial charge in [-0.1, -0.05) is 43.7 Å². The van der Waals surface area contributed by atoms with Crippen LogP contribution in [0, 0.1) is 5.92 Å². The predicted octanol–water partition coefficient (Wildman–Crippen LogP) is 1.58. The number of nitrogens with zero attached hydrogens (tertiary/aromatic N) is 2. The van der Waals surface area contributed by atoms with Crippen LogP contribution in [-0.2, 0) is 14.4 Å². The molecule has 2 aliphatic carbocycles. The number of hydrogen-bond acceptors (Lipinski definition) is 5. The van der Waals surface area contributed by atoms with E-state index in [0.29, 0.717) is 0 Å². The predicted molar refractivity (Wildman–Crippen MR) is 86.5 cm³/mol. The Hall–Kier alpha value is -1.92. The van der Waals surface area contributed by atoms with Gasteiger partial charge in [0.05, 0.1) is 0 Å². The molecule has 0 aromatic heterocycles. The van der Waals surface area contributed by atoms with E-state index in [1.807, 2.05) is 0 Å². The highest BCUT2D eigenvalue weighted by atomic mass is 16.4. The molecule has 2 N–H and O–H groups in total. The summed E-state index contributed by atoms with van der Waals surface area (Å²) in [6.45, 7) is 0. The number of imide groups is 1. The fourth-order valence-corrected chi connectivity index (χ4v) is 4.16. The Morgan fingerprint density at radius 2 is 1.58 bits per heavy atom. The highest BCUT2D eigenvalue weighted by Crippen LogP contribution is 2.29. The molecule has 3 fully saturated rings. The molecule has 0 bridgehead atoms. The summed E-state index contributed by atoms with van der Waals surface area (Å²) in [4.78, 5) is 38.9. The highest BCUT2D eigenvalue weighted by Gasteiger charge is 2.52. The Labute approximate surface area is 141 Å². The van der Waals surface area contributed by atoms with Crippen LogP contribution in [0.2, 0.25) is 0 Å². The van der Waals surface area contributed by atoms with Crippen LogP contribution >= 0.6 is 0 Å². The SMILES string of the molecule is O=C(NC1CCCCC1)[C@H]1C(=O)N(C2CCCCC2)C(=O)/C1=N\O. The van der Waals surface area contributed by atoms with E-state index in [0.717, 1.165) is 64.2 Å². The maximum Gasteiger partial charge on any atom is 0.279 e. The average molecular weight is 335 g/mol. The van der Waals surface area contributed by atoms with Crippen molar-refractivity contribution in [1.82, 2.24) is 10.2 Å². The van der Waals surface area contributed by atoms with Crippen LogP contribution in [0.15, 0.2) is 5.16 Å². The van der Waals surface area contributed by atoms with Crippen LogP contribution in [0.25, 0.3) is 0 Å². The molecule has 7 nitrogen and oxygen atoms in total. The molecule has 0 aromatic carbocycles. The van der Waals surface area contributed by atoms with Gasteiger partial charge in [0.25, 0.3) is 5.91 Å². The van der Waals surface area contributed by atoms with Crippen LogP contribution < -0.4 is 5.32 Å². The van der Waals surface area contributed by atoms with E-state index in [1.54, 1.807) is 0 Å². The summed E-state index contributed by atoms with van der Waals surface area (Å²) < 4.78 is 0. The zero-order valence-electron chi connectivity index (χ0n) is 13.9. The van der Waals surface area contributed by atoms with Crippen molar-refractivity contribution in [3.8, 4) is 0 Å². The third-order valence-corrected chi connectivity index (χ3v) is 5.46. The number of nitrogens with one attached hydrogen (secondary N) is 1. The van der Waals surface area contributed by atoms with Crippen molar-refractivity contribution in [1.29, 1.82) is 0 Å². The van der Waals surface area contributed by atoms with Crippen LogP contribution in [0.5, 0.6) is 0 Å². The fraction of sp³-hybridized carbons (Fsp3) is 0.765. The molecular weight excluding hydrogens is 310 g/mol. The van der Waals surface area contributed by atoms with E-state index in [4.69, 9.17) is 0 Å². The lowest BCUT2D eigenvalue weighted by Crippen LogP contribution is -2.45. The monoisotopic (exact) mass is 335 g/mol. The molecule has 3 rings (SSSR count). The molecule has 1 saturated heterocycles. The van der Waals surface area contributed by atoms with Gasteiger partial charge in [0.15, 0.2) is 11.6 Å². The van der Waals surface area contributed by atoms with Gasteiger partial charge >= 0.3 is 0 Å². The quantitative estimate of drug-likeness (QED) is 0.354. The number of carbonyl (C=O) groups is 3. The molecule has 3 amide bonds. The molecule has 0 aromatic rings. The molecule has 0 unspecified atom stereocenters. The summed E-state index contributed by atoms with van der Waals surface area (Å²) in [7, 11) is 0. The van der Waals surface area contributed by atoms with Gasteiger partial charge in [-0.15, -0.1) is 0 Å². The lowest BCUT2D eigenvalue weighted by molar-refractivity contribution is -0.144. The third-order valence-electron chi connectivity index (χ3n) is 5.46. The lowest BCUT2D eigenvalue weighted by Gasteiger charge is -2.29. The van der Waals surface area contributed by atoms with Gasteiger partial charge in [-0.3, -0.25) is 19.3 Å². The van der Waals surface area contributed by atoms with Crippen molar-refractivity contribution in [2.75, 3.05) is 0 Å². The van der Waals surface area contributed by atoms with Crippen molar-refractivity contribution < 1.29 is 19.6 Å². The minimum absolute atomic E-state index is 0.0397. The second kappa shape index (κ2) is 7.32. The lowest BCUT2D eigenvalue weighted by atomic mass is 9.94. The maximum atomic E-state index is 12.7. The molecule has 1 aliphatic heterocycles. The number of hydrogen-bond donors (Lipinski definition) is 2. The number of carbonyl (C=O) groups excluding carboxylic acids is 3. The van der Waals surface area contributed by atoms with Gasteiger partial charge in [0, 0.05) is 12.1 Å². The summed E-state index contributed by atoms with van der Waals surface area (Å²) in [6.07, 6.45) is 9.58. The normalized spacial score (nSPS) is 28.6. The van der Waals surface area contributed by atoms with Crippen molar-refractivity contribution in [2.45, 2.75) is 76.3 Å². The number of rotatable bonds is 3. The number of amides is 3. The zero-order valence-corrected chi connectivity index (χ0v) is 13.9. The van der Waals surface area contributed by atoms with Gasteiger partial charge in [0.2, 0.25) is 11.8 Å². The first-order valence-corrected chi connectivity index (χ1v) is 9.03. The second-order valence-corrected chi connectivity index (χ2v) is 7.07. The molecule has 1 heterocycles. The van der Waals surface area contributed by atoms with E-state index in [-0.39, 0.29) is 17.8 Å². The van der Waals surface area contributed by atoms with Gasteiger partial charge in [-0.25, -0.2) is 0 Å². The van der Waals surface area contributed by atoms with Gasteiger partial charge < -0.3 is 10.5 Å². The van der Waals surface area contributed by atoms with E-state index in [1.165, 1.54) is 4.90 Å². The summed E-state index contributed by atoms with van der Waals surface area (Å²) in [5.41, 5.74) is -0.334. The number of likely N-dealkylation sites (tertiary alicyclic amines) is 1. The maximum absolute atomic E-state index is 12.7. The molecule has 0 radical (unpaired) electrons. The summed E-state index contributed by atoms with van der Waals surface area (Å²) >= 11 is 0. The van der Waals surface area contributed by atoms with E-state index >= 15 is 0 Å². The van der Waals surface area contributed by atoms with Crippen LogP contribution in [0.3, 0.4) is 0 Å². The largest absolute Gasteiger partial charge is 0.410 e. The van der Waals surface area contributed by atoms with Gasteiger partial charge in [0.1, 0.15) is 0 Å². The van der Waals surface area contributed by atoms with Crippen molar-refractivity contribution in [2.24, 2.45) is 11.1 Å². The molecule has 7 heteroatoms. The zero-order chi connectivity index (χ0) is 17.1. The minimum Gasteiger partial charge on any atom is -0.410 e. The van der Waals surface area contributed by atoms with Crippen molar-refractivity contribution >= 4 is 23.4 Å². The van der Waals surface area contributed by atoms with Crippen molar-refractivity contribution in [3.63, 3.8) is 0 Å². The summed E-state index contributed by atoms with van der Waals surface area (Å²) in [5.74, 6) is -2.95. The first-order valence-electron chi connectivity index (χ1n) is 9.03. The average Bonchev–Trinajstić information content (AvgIpc) is 2.86. The molecule has 24 heavy (non-hydrogen) atoms. The Morgan fingerprint density at radius 3 is 2.17 bits per heavy atom. The Balaban J connectivity index is 1.74. The Bertz CT molecular complexity index is 548. The highest BCUT2D eigenvalue weighted by molar-refractivity contribution is 6.54. The first-order chi connectivity index (χ1) is 11.6. The minimum atomic E-state index is -1.30. The molecule has 3 aliphatic rings. The molecular formula is C17H25N3O4. The molecule has 1 atom stereocenters. The first kappa shape index (κ1) is 16.9. The van der Waals surface area contributed by atoms with E-state index in [2.05, 4.69) is 10.5 Å². The van der Waals surface area contributed by atoms with Gasteiger partial charge in [-0.2, -0.15) is 0 Å². The summed E-state index contributed by atoms with van der Waals surface area (Å²) in [5, 5.41) is 15.1. The molecule has 132 valence electrons. The Morgan fingerprint density at radius 1 is 1.00 bits per heavy atom. The smallest absolute Gasteiger partial charge is 0.279 e. The third kappa shape index (κ3) is 3.16. The van der Waals surface area contributed by atoms with Crippen molar-refractivity contribution in [3.05, 3.63) is 0 Å². The van der Waals surface area contributed by atoms with Crippen LogP contribution in [-0.4, -0.2) is 45.6 Å². The van der Waals surface area contributed by atoms with E-state index < -0.39 is 23.6 Å². The van der Waals surface area contributed by atoms with Crippen LogP contribution in [0.4, 0.5) is 0 Å². The molecule has 0 spiro atoms. The topological polar surface area (TPSA) is 99.1 Å².